The van der Waals surface area contributed by atoms with Gasteiger partial charge < -0.3 is 5.32 Å². The molecule has 0 saturated carbocycles. The Hall–Kier alpha value is -0.900. The predicted octanol–water partition coefficient (Wildman–Crippen LogP) is -0.604. The van der Waals surface area contributed by atoms with Crippen molar-refractivity contribution in [2.24, 2.45) is 0 Å². The molecule has 0 spiro atoms. The van der Waals surface area contributed by atoms with Gasteiger partial charge in [0.1, 0.15) is 5.78 Å². The second kappa shape index (κ2) is 3.67. The first-order valence-electron chi connectivity index (χ1n) is 4.12. The molecule has 0 aromatic carbocycles. The summed E-state index contributed by atoms with van der Waals surface area (Å²) in [5.74, 6) is 0.204. The number of amides is 1. The molecule has 1 heterocycles. The van der Waals surface area contributed by atoms with Gasteiger partial charge in [0.05, 0.1) is 12.6 Å². The molecule has 0 aliphatic carbocycles. The minimum absolute atomic E-state index is 0.0234. The molecular formula is C8H14N2O2. The Bertz CT molecular complexity index is 203. The highest BCUT2D eigenvalue weighted by atomic mass is 16.2. The Labute approximate surface area is 71.9 Å². The zero-order valence-electron chi connectivity index (χ0n) is 7.46. The smallest absolute Gasteiger partial charge is 0.236 e. The summed E-state index contributed by atoms with van der Waals surface area (Å²) in [7, 11) is 1.61. The molecule has 68 valence electrons. The van der Waals surface area contributed by atoms with Crippen molar-refractivity contribution in [1.82, 2.24) is 10.2 Å². The Kier molecular flexibility index (Phi) is 2.81. The molecule has 1 aliphatic rings. The van der Waals surface area contributed by atoms with E-state index in [-0.39, 0.29) is 17.7 Å². The summed E-state index contributed by atoms with van der Waals surface area (Å²) < 4.78 is 0. The molecule has 1 amide bonds. The largest absolute Gasteiger partial charge is 0.358 e. The molecule has 1 N–H and O–H groups in total. The molecule has 0 radical (unpaired) electrons. The fourth-order valence-electron chi connectivity index (χ4n) is 1.36. The number of rotatable bonds is 2. The predicted molar refractivity (Wildman–Crippen MR) is 44.7 cm³/mol. The van der Waals surface area contributed by atoms with Crippen LogP contribution in [-0.4, -0.2) is 42.8 Å². The zero-order chi connectivity index (χ0) is 9.14. The van der Waals surface area contributed by atoms with Crippen LogP contribution < -0.4 is 5.32 Å². The monoisotopic (exact) mass is 170 g/mol. The van der Waals surface area contributed by atoms with Crippen molar-refractivity contribution in [3.05, 3.63) is 0 Å². The van der Waals surface area contributed by atoms with E-state index >= 15 is 0 Å². The van der Waals surface area contributed by atoms with E-state index in [2.05, 4.69) is 5.32 Å². The van der Waals surface area contributed by atoms with Crippen molar-refractivity contribution in [1.29, 1.82) is 0 Å². The van der Waals surface area contributed by atoms with Crippen LogP contribution in [0.1, 0.15) is 13.3 Å². The highest BCUT2D eigenvalue weighted by Gasteiger charge is 2.27. The summed E-state index contributed by atoms with van der Waals surface area (Å²) in [6.07, 6.45) is 0.585. The van der Waals surface area contributed by atoms with Crippen molar-refractivity contribution < 1.29 is 9.59 Å². The van der Waals surface area contributed by atoms with Crippen molar-refractivity contribution in [3.8, 4) is 0 Å². The van der Waals surface area contributed by atoms with E-state index in [0.29, 0.717) is 19.5 Å². The maximum atomic E-state index is 11.1. The summed E-state index contributed by atoms with van der Waals surface area (Å²) in [4.78, 5) is 23.9. The third-order valence-corrected chi connectivity index (χ3v) is 2.23. The number of nitrogens with zero attached hydrogens (tertiary/aromatic N) is 1. The molecule has 0 bridgehead atoms. The molecule has 4 nitrogen and oxygen atoms in total. The van der Waals surface area contributed by atoms with Gasteiger partial charge in [0.15, 0.2) is 0 Å². The van der Waals surface area contributed by atoms with Crippen molar-refractivity contribution in [2.75, 3.05) is 20.1 Å². The van der Waals surface area contributed by atoms with Crippen molar-refractivity contribution in [2.45, 2.75) is 19.4 Å². The SMILES string of the molecule is CNC(=O)C(C)N1CCC(=O)C1. The number of hydrogen-bond acceptors (Lipinski definition) is 3. The van der Waals surface area contributed by atoms with Crippen molar-refractivity contribution >= 4 is 11.7 Å². The highest BCUT2D eigenvalue weighted by Crippen LogP contribution is 2.08. The van der Waals surface area contributed by atoms with Gasteiger partial charge >= 0.3 is 0 Å². The van der Waals surface area contributed by atoms with Crippen LogP contribution in [0.3, 0.4) is 0 Å². The first-order valence-corrected chi connectivity index (χ1v) is 4.12. The molecule has 0 aromatic heterocycles. The fourth-order valence-corrected chi connectivity index (χ4v) is 1.36. The summed E-state index contributed by atoms with van der Waals surface area (Å²) in [5, 5.41) is 2.56. The fraction of sp³-hybridized carbons (Fsp3) is 0.750. The lowest BCUT2D eigenvalue weighted by Crippen LogP contribution is -2.42. The summed E-state index contributed by atoms with van der Waals surface area (Å²) in [6, 6.07) is -0.179. The van der Waals surface area contributed by atoms with Crippen LogP contribution in [0.2, 0.25) is 0 Å². The van der Waals surface area contributed by atoms with Crippen LogP contribution in [0, 0.1) is 0 Å². The summed E-state index contributed by atoms with van der Waals surface area (Å²) in [5.41, 5.74) is 0. The number of likely N-dealkylation sites (N-methyl/N-ethyl adjacent to an activating group) is 1. The molecule has 1 unspecified atom stereocenters. The maximum Gasteiger partial charge on any atom is 0.236 e. The number of hydrogen-bond donors (Lipinski definition) is 1. The van der Waals surface area contributed by atoms with Gasteiger partial charge in [-0.2, -0.15) is 0 Å². The lowest BCUT2D eigenvalue weighted by atomic mass is 10.3. The lowest BCUT2D eigenvalue weighted by Gasteiger charge is -2.20. The Morgan fingerprint density at radius 2 is 2.33 bits per heavy atom. The average molecular weight is 170 g/mol. The topological polar surface area (TPSA) is 49.4 Å². The van der Waals surface area contributed by atoms with Gasteiger partial charge in [0.2, 0.25) is 5.91 Å². The standard InChI is InChI=1S/C8H14N2O2/c1-6(8(12)9-2)10-4-3-7(11)5-10/h6H,3-5H2,1-2H3,(H,9,12). The molecule has 0 aromatic rings. The molecule has 1 fully saturated rings. The minimum Gasteiger partial charge on any atom is -0.358 e. The Morgan fingerprint density at radius 3 is 2.75 bits per heavy atom. The number of nitrogens with one attached hydrogen (secondary N) is 1. The van der Waals surface area contributed by atoms with Gasteiger partial charge in [-0.3, -0.25) is 14.5 Å². The molecule has 1 aliphatic heterocycles. The maximum absolute atomic E-state index is 11.1. The number of carbonyl (C=O) groups excluding carboxylic acids is 2. The highest BCUT2D eigenvalue weighted by molar-refractivity contribution is 5.85. The number of carbonyl (C=O) groups is 2. The van der Waals surface area contributed by atoms with Crippen molar-refractivity contribution in [3.63, 3.8) is 0 Å². The van der Waals surface area contributed by atoms with Gasteiger partial charge in [0.25, 0.3) is 0 Å². The normalized spacial score (nSPS) is 21.0. The van der Waals surface area contributed by atoms with E-state index in [1.54, 1.807) is 7.05 Å². The third kappa shape index (κ3) is 1.82. The lowest BCUT2D eigenvalue weighted by molar-refractivity contribution is -0.125. The second-order valence-corrected chi connectivity index (χ2v) is 3.05. The zero-order valence-corrected chi connectivity index (χ0v) is 7.46. The van der Waals surface area contributed by atoms with Gasteiger partial charge in [-0.25, -0.2) is 0 Å². The van der Waals surface area contributed by atoms with Gasteiger partial charge in [-0.1, -0.05) is 0 Å². The van der Waals surface area contributed by atoms with Crippen LogP contribution in [0.25, 0.3) is 0 Å². The van der Waals surface area contributed by atoms with Crippen LogP contribution in [0.15, 0.2) is 0 Å². The minimum atomic E-state index is -0.179. The number of Topliss-reactive ketones (excluding diaryl/α,β-unsaturated/α-hetero) is 1. The Morgan fingerprint density at radius 1 is 1.67 bits per heavy atom. The van der Waals surface area contributed by atoms with Gasteiger partial charge in [-0.05, 0) is 6.92 Å². The molecule has 1 atom stereocenters. The molecule has 12 heavy (non-hydrogen) atoms. The van der Waals surface area contributed by atoms with E-state index < -0.39 is 0 Å². The van der Waals surface area contributed by atoms with Gasteiger partial charge in [-0.15, -0.1) is 0 Å². The van der Waals surface area contributed by atoms with Crippen LogP contribution in [-0.2, 0) is 9.59 Å². The van der Waals surface area contributed by atoms with E-state index in [1.165, 1.54) is 0 Å². The van der Waals surface area contributed by atoms with Gasteiger partial charge in [0, 0.05) is 20.0 Å². The Balaban J connectivity index is 2.48. The summed E-state index contributed by atoms with van der Waals surface area (Å²) >= 11 is 0. The second-order valence-electron chi connectivity index (χ2n) is 3.05. The van der Waals surface area contributed by atoms with E-state index in [4.69, 9.17) is 0 Å². The number of ketones is 1. The molecule has 1 saturated heterocycles. The molecule has 4 heteroatoms. The van der Waals surface area contributed by atoms with E-state index in [0.717, 1.165) is 0 Å². The summed E-state index contributed by atoms with van der Waals surface area (Å²) in [6.45, 7) is 2.96. The molecule has 1 rings (SSSR count). The van der Waals surface area contributed by atoms with E-state index in [1.807, 2.05) is 11.8 Å². The molecular weight excluding hydrogens is 156 g/mol. The third-order valence-electron chi connectivity index (χ3n) is 2.23. The first-order chi connectivity index (χ1) is 5.65. The van der Waals surface area contributed by atoms with Crippen LogP contribution >= 0.6 is 0 Å². The van der Waals surface area contributed by atoms with E-state index in [9.17, 15) is 9.59 Å². The van der Waals surface area contributed by atoms with Crippen LogP contribution in [0.4, 0.5) is 0 Å². The number of likely N-dealkylation sites (tertiary alicyclic amines) is 1. The quantitative estimate of drug-likeness (QED) is 0.602. The van der Waals surface area contributed by atoms with Crippen LogP contribution in [0.5, 0.6) is 0 Å². The average Bonchev–Trinajstić information content (AvgIpc) is 2.49. The first kappa shape index (κ1) is 9.19.